The fourth-order valence-electron chi connectivity index (χ4n) is 10.5. The van der Waals surface area contributed by atoms with Gasteiger partial charge in [0.2, 0.25) is 11.6 Å². The number of unbranched alkanes of at least 4 members (excludes halogenated alkanes) is 3. The summed E-state index contributed by atoms with van der Waals surface area (Å²) in [5.41, 5.74) is -1.52. The summed E-state index contributed by atoms with van der Waals surface area (Å²) in [4.78, 5) is 63.3. The molecule has 9 aromatic rings. The van der Waals surface area contributed by atoms with Crippen LogP contribution in [0.4, 0.5) is 43.9 Å². The molecule has 0 aliphatic carbocycles. The van der Waals surface area contributed by atoms with Crippen molar-refractivity contribution in [1.82, 2.24) is 9.80 Å². The molecule has 0 saturated heterocycles. The van der Waals surface area contributed by atoms with Gasteiger partial charge in [-0.25, -0.2) is 43.9 Å². The summed E-state index contributed by atoms with van der Waals surface area (Å²) >= 11 is 2.75. The van der Waals surface area contributed by atoms with Gasteiger partial charge in [-0.1, -0.05) is 51.0 Å². The van der Waals surface area contributed by atoms with E-state index in [1.165, 1.54) is 34.8 Å². The Morgan fingerprint density at radius 3 is 1.28 bits per heavy atom. The smallest absolute Gasteiger partial charge is 0.261 e. The third-order valence-electron chi connectivity index (χ3n) is 14.1. The first-order chi connectivity index (χ1) is 35.5. The average Bonchev–Trinajstić information content (AvgIpc) is 4.10. The van der Waals surface area contributed by atoms with Crippen molar-refractivity contribution in [3.63, 3.8) is 0 Å². The van der Waals surface area contributed by atoms with Gasteiger partial charge in [0.15, 0.2) is 46.5 Å². The first kappa shape index (κ1) is 48.8. The Morgan fingerprint density at radius 2 is 0.851 bits per heavy atom. The Morgan fingerprint density at radius 1 is 0.432 bits per heavy atom. The highest BCUT2D eigenvalue weighted by Gasteiger charge is 2.40. The summed E-state index contributed by atoms with van der Waals surface area (Å²) in [6.07, 6.45) is 4.45. The molecule has 74 heavy (non-hydrogen) atoms. The molecule has 374 valence electrons. The van der Waals surface area contributed by atoms with Gasteiger partial charge < -0.3 is 0 Å². The molecule has 6 nitrogen and oxygen atoms in total. The van der Waals surface area contributed by atoms with Crippen molar-refractivity contribution in [2.45, 2.75) is 51.9 Å². The number of nitrogens with zero attached hydrogens (tertiary/aromatic N) is 2. The van der Waals surface area contributed by atoms with Crippen molar-refractivity contribution in [1.29, 1.82) is 0 Å². The van der Waals surface area contributed by atoms with Crippen LogP contribution in [0.5, 0.6) is 0 Å². The van der Waals surface area contributed by atoms with Gasteiger partial charge in [0.05, 0.1) is 0 Å². The van der Waals surface area contributed by atoms with Crippen molar-refractivity contribution in [2.24, 2.45) is 0 Å². The zero-order valence-electron chi connectivity index (χ0n) is 38.5. The molecule has 11 rings (SSSR count). The van der Waals surface area contributed by atoms with Crippen LogP contribution >= 0.6 is 22.7 Å². The SMILES string of the molecule is C=Cc1ccc(-c2cc3c4c(ccc5c6c(-c7ccc(CCCCCC)s7)cc7c8c(ccc(c2c45)c86)C(=O)N(CCc2c(F)c(F)c(F)c(F)c2F)C7=O)C(=O)N(CCc2c(F)c(F)c(F)c(F)c2F)C3=O)s1. The molecule has 0 radical (unpaired) electrons. The third-order valence-corrected chi connectivity index (χ3v) is 16.4. The van der Waals surface area contributed by atoms with Crippen molar-refractivity contribution in [3.05, 3.63) is 169 Å². The zero-order chi connectivity index (χ0) is 52.3. The van der Waals surface area contributed by atoms with Gasteiger partial charge in [0.25, 0.3) is 23.6 Å². The molecule has 4 amide bonds. The second-order valence-electron chi connectivity index (χ2n) is 18.1. The fraction of sp³-hybridized carbons (Fsp3) is 0.179. The molecule has 0 fully saturated rings. The quantitative estimate of drug-likeness (QED) is 0.0207. The fourth-order valence-corrected chi connectivity index (χ4v) is 12.5. The van der Waals surface area contributed by atoms with Crippen molar-refractivity contribution < 1.29 is 63.1 Å². The summed E-state index contributed by atoms with van der Waals surface area (Å²) in [6, 6.07) is 16.8. The molecule has 18 heteroatoms. The topological polar surface area (TPSA) is 74.8 Å². The van der Waals surface area contributed by atoms with Crippen LogP contribution in [0.15, 0.2) is 67.2 Å². The normalized spacial score (nSPS) is 13.7. The highest BCUT2D eigenvalue weighted by atomic mass is 32.1. The molecule has 0 N–H and O–H groups in total. The number of thiophene rings is 2. The van der Waals surface area contributed by atoms with Crippen LogP contribution in [0.25, 0.3) is 70.0 Å². The summed E-state index contributed by atoms with van der Waals surface area (Å²) in [5.74, 6) is -25.4. The van der Waals surface area contributed by atoms with Crippen LogP contribution in [0.3, 0.4) is 0 Å². The van der Waals surface area contributed by atoms with E-state index in [1.54, 1.807) is 42.5 Å². The lowest BCUT2D eigenvalue weighted by atomic mass is 9.79. The molecule has 2 aromatic heterocycles. The van der Waals surface area contributed by atoms with Crippen LogP contribution in [0.1, 0.15) is 94.9 Å². The number of carbonyl (C=O) groups is 4. The van der Waals surface area contributed by atoms with Gasteiger partial charge in [0.1, 0.15) is 0 Å². The Bertz CT molecular complexity index is 3940. The number of halogens is 10. The van der Waals surface area contributed by atoms with E-state index >= 15 is 0 Å². The number of rotatable bonds is 14. The van der Waals surface area contributed by atoms with E-state index in [0.717, 1.165) is 41.9 Å². The van der Waals surface area contributed by atoms with Crippen molar-refractivity contribution in [2.75, 3.05) is 13.1 Å². The highest BCUT2D eigenvalue weighted by Crippen LogP contribution is 2.53. The maximum absolute atomic E-state index is 14.9. The van der Waals surface area contributed by atoms with Gasteiger partial charge in [-0.3, -0.25) is 29.0 Å². The molecule has 0 atom stereocenters. The summed E-state index contributed by atoms with van der Waals surface area (Å²) < 4.78 is 145. The Labute approximate surface area is 421 Å². The van der Waals surface area contributed by atoms with Crippen molar-refractivity contribution >= 4 is 95.5 Å². The van der Waals surface area contributed by atoms with Gasteiger partial charge in [-0.05, 0) is 107 Å². The first-order valence-electron chi connectivity index (χ1n) is 23.3. The van der Waals surface area contributed by atoms with E-state index in [0.29, 0.717) is 63.0 Å². The molecule has 2 aliphatic heterocycles. The van der Waals surface area contributed by atoms with E-state index in [4.69, 9.17) is 0 Å². The molecule has 0 saturated carbocycles. The molecule has 7 aromatic carbocycles. The minimum absolute atomic E-state index is 0.000891. The van der Waals surface area contributed by atoms with Gasteiger partial charge >= 0.3 is 0 Å². The second-order valence-corrected chi connectivity index (χ2v) is 20.4. The lowest BCUT2D eigenvalue weighted by Crippen LogP contribution is -2.42. The maximum Gasteiger partial charge on any atom is 0.261 e. The van der Waals surface area contributed by atoms with Crippen molar-refractivity contribution in [3.8, 4) is 20.9 Å². The monoisotopic (exact) mass is 1050 g/mol. The third kappa shape index (κ3) is 7.18. The molecule has 2 aliphatic rings. The van der Waals surface area contributed by atoms with Gasteiger partial charge in [-0.2, -0.15) is 0 Å². The number of fused-ring (bicyclic) bond motifs is 2. The number of aryl methyl sites for hydroxylation is 1. The molecule has 0 bridgehead atoms. The lowest BCUT2D eigenvalue weighted by Gasteiger charge is -2.31. The number of imide groups is 2. The van der Waals surface area contributed by atoms with E-state index in [-0.39, 0.29) is 33.0 Å². The van der Waals surface area contributed by atoms with Gasteiger partial charge in [0, 0.05) is 87.9 Å². The summed E-state index contributed by atoms with van der Waals surface area (Å²) in [7, 11) is 0. The first-order valence-corrected chi connectivity index (χ1v) is 24.9. The number of amides is 4. The van der Waals surface area contributed by atoms with Crippen LogP contribution in [0.2, 0.25) is 0 Å². The number of benzene rings is 7. The Kier molecular flexibility index (Phi) is 12.0. The Hall–Kier alpha value is -7.44. The molecule has 4 heterocycles. The average molecular weight is 1050 g/mol. The van der Waals surface area contributed by atoms with E-state index in [2.05, 4.69) is 13.5 Å². The predicted octanol–water partition coefficient (Wildman–Crippen LogP) is 15.0. The lowest BCUT2D eigenvalue weighted by molar-refractivity contribution is 0.0596. The van der Waals surface area contributed by atoms with Crippen LogP contribution in [0, 0.1) is 58.2 Å². The van der Waals surface area contributed by atoms with Crippen LogP contribution < -0.4 is 0 Å². The van der Waals surface area contributed by atoms with E-state index < -0.39 is 119 Å². The van der Waals surface area contributed by atoms with E-state index in [9.17, 15) is 63.1 Å². The number of hydrogen-bond acceptors (Lipinski definition) is 6. The van der Waals surface area contributed by atoms with Crippen LogP contribution in [-0.4, -0.2) is 46.5 Å². The molecule has 0 spiro atoms. The Balaban J connectivity index is 1.15. The largest absolute Gasteiger partial charge is 0.274 e. The summed E-state index contributed by atoms with van der Waals surface area (Å²) in [5, 5.41) is 3.23. The minimum Gasteiger partial charge on any atom is -0.274 e. The number of hydrogen-bond donors (Lipinski definition) is 0. The molecular weight excluding hydrogens is 1020 g/mol. The maximum atomic E-state index is 14.9. The molecule has 0 unspecified atom stereocenters. The molecular formula is C56H34F10N2O4S2. The zero-order valence-corrected chi connectivity index (χ0v) is 40.2. The van der Waals surface area contributed by atoms with Crippen LogP contribution in [-0.2, 0) is 19.3 Å². The van der Waals surface area contributed by atoms with Gasteiger partial charge in [-0.15, -0.1) is 22.7 Å². The van der Waals surface area contributed by atoms with E-state index in [1.807, 2.05) is 12.1 Å². The number of carbonyl (C=O) groups excluding carboxylic acids is 4. The minimum atomic E-state index is -2.36. The predicted molar refractivity (Wildman–Crippen MR) is 263 cm³/mol. The second kappa shape index (κ2) is 18.2. The standard InChI is InChI=1S/C56H34F10N2O4S2/c1-3-5-6-7-8-24-10-16-36(74-24)32-22-34-40-28(54(70)68(56(34)72)20-18-30-45(59)49(63)52(66)50(64)46(30)60)13-11-25-37-31(35-15-9-23(4-2)73-35)21-33-39-27(14-12-26(41(37)39)38(32)42(25)40)53(69)67(55(33)71)19-17-29-43(57)47(61)51(65)48(62)44(29)58/h4,9-16,21-22H,2-3,5-8,17-20H2,1H3. The summed E-state index contributed by atoms with van der Waals surface area (Å²) in [6.45, 7) is 4.45. The highest BCUT2D eigenvalue weighted by molar-refractivity contribution is 7.16.